The van der Waals surface area contributed by atoms with Crippen LogP contribution in [0, 0.1) is 5.82 Å². The van der Waals surface area contributed by atoms with Gasteiger partial charge in [0.05, 0.1) is 11.0 Å². The van der Waals surface area contributed by atoms with Crippen molar-refractivity contribution in [2.75, 3.05) is 26.2 Å². The maximum Gasteiger partial charge on any atom is 0.243 e. The van der Waals surface area contributed by atoms with Gasteiger partial charge in [-0.15, -0.1) is 0 Å². The molecule has 0 spiro atoms. The lowest BCUT2D eigenvalue weighted by Crippen LogP contribution is -2.52. The number of aliphatic hydroxyl groups excluding tert-OH is 1. The number of aliphatic hydroxyl groups is 2. The van der Waals surface area contributed by atoms with Gasteiger partial charge in [-0.05, 0) is 42.7 Å². The Hall–Kier alpha value is -1.84. The molecule has 1 saturated heterocycles. The summed E-state index contributed by atoms with van der Waals surface area (Å²) >= 11 is 0. The minimum atomic E-state index is -3.79. The zero-order chi connectivity index (χ0) is 22.1. The number of hydrogen-bond acceptors (Lipinski definition) is 5. The molecule has 31 heavy (non-hydrogen) atoms. The Morgan fingerprint density at radius 2 is 1.68 bits per heavy atom. The summed E-state index contributed by atoms with van der Waals surface area (Å²) in [6, 6.07) is 14.6. The van der Waals surface area contributed by atoms with E-state index < -0.39 is 21.7 Å². The van der Waals surface area contributed by atoms with E-state index in [1.54, 1.807) is 18.2 Å². The van der Waals surface area contributed by atoms with Crippen LogP contribution in [-0.4, -0.2) is 60.8 Å². The molecule has 0 bridgehead atoms. The molecule has 2 aliphatic rings. The lowest BCUT2D eigenvalue weighted by molar-refractivity contribution is -0.0388. The second-order valence-corrected chi connectivity index (χ2v) is 10.8. The van der Waals surface area contributed by atoms with E-state index in [2.05, 4.69) is 5.32 Å². The highest BCUT2D eigenvalue weighted by Gasteiger charge is 2.49. The fraction of sp³-hybridized carbons (Fsp3) is 0.478. The number of halogens is 1. The predicted molar refractivity (Wildman–Crippen MR) is 116 cm³/mol. The molecule has 2 aromatic rings. The van der Waals surface area contributed by atoms with Crippen LogP contribution in [-0.2, 0) is 15.4 Å². The molecule has 1 aliphatic carbocycles. The van der Waals surface area contributed by atoms with E-state index in [1.807, 2.05) is 12.1 Å². The molecule has 1 heterocycles. The summed E-state index contributed by atoms with van der Waals surface area (Å²) in [4.78, 5) is 0.139. The lowest BCUT2D eigenvalue weighted by atomic mass is 9.78. The Bertz CT molecular complexity index is 994. The monoisotopic (exact) mass is 448 g/mol. The number of β-amino-alcohol motifs (C(OH)–C–C–N with tert-alkyl or cyclic N) is 2. The van der Waals surface area contributed by atoms with Crippen LogP contribution in [0.4, 0.5) is 4.39 Å². The standard InChI is InChI=1S/C23H29FN2O4S/c24-19-10-8-18(9-11-19)22(12-4-5-13-22)15-25-16-23(28)17-26(14-21(23)27)31(29,30)20-6-2-1-3-7-20/h1-3,6-11,21,25,27-28H,4-5,12-17H2/t21-,23+/m1/s1. The summed E-state index contributed by atoms with van der Waals surface area (Å²) in [5.74, 6) is -0.270. The number of hydrogen-bond donors (Lipinski definition) is 3. The number of rotatable bonds is 7. The van der Waals surface area contributed by atoms with Gasteiger partial charge in [0, 0.05) is 31.6 Å². The summed E-state index contributed by atoms with van der Waals surface area (Å²) in [5, 5.41) is 24.8. The Kier molecular flexibility index (Phi) is 6.20. The van der Waals surface area contributed by atoms with Crippen LogP contribution < -0.4 is 5.32 Å². The first-order chi connectivity index (χ1) is 14.8. The molecule has 2 fully saturated rings. The summed E-state index contributed by atoms with van der Waals surface area (Å²) in [5.41, 5.74) is -0.667. The molecule has 8 heteroatoms. The lowest BCUT2D eigenvalue weighted by Gasteiger charge is -2.33. The van der Waals surface area contributed by atoms with E-state index in [1.165, 1.54) is 24.3 Å². The van der Waals surface area contributed by atoms with E-state index in [0.717, 1.165) is 35.6 Å². The number of benzene rings is 2. The molecule has 0 aromatic heterocycles. The van der Waals surface area contributed by atoms with E-state index in [0.29, 0.717) is 6.54 Å². The summed E-state index contributed by atoms with van der Waals surface area (Å²) < 4.78 is 40.2. The van der Waals surface area contributed by atoms with Gasteiger partial charge in [-0.2, -0.15) is 4.31 Å². The van der Waals surface area contributed by atoms with Gasteiger partial charge >= 0.3 is 0 Å². The van der Waals surface area contributed by atoms with Gasteiger partial charge < -0.3 is 15.5 Å². The maximum absolute atomic E-state index is 13.4. The molecular weight excluding hydrogens is 419 g/mol. The van der Waals surface area contributed by atoms with Crippen LogP contribution in [0.2, 0.25) is 0 Å². The molecule has 4 rings (SSSR count). The number of sulfonamides is 1. The van der Waals surface area contributed by atoms with Crippen LogP contribution in [0.5, 0.6) is 0 Å². The maximum atomic E-state index is 13.4. The average molecular weight is 449 g/mol. The van der Waals surface area contributed by atoms with Crippen molar-refractivity contribution in [3.05, 3.63) is 66.0 Å². The van der Waals surface area contributed by atoms with Gasteiger partial charge in [0.1, 0.15) is 11.4 Å². The van der Waals surface area contributed by atoms with E-state index in [4.69, 9.17) is 0 Å². The third-order valence-electron chi connectivity index (χ3n) is 6.74. The van der Waals surface area contributed by atoms with Gasteiger partial charge in [-0.3, -0.25) is 0 Å². The van der Waals surface area contributed by atoms with E-state index >= 15 is 0 Å². The highest BCUT2D eigenvalue weighted by atomic mass is 32.2. The molecule has 1 saturated carbocycles. The quantitative estimate of drug-likeness (QED) is 0.603. The van der Waals surface area contributed by atoms with Crippen molar-refractivity contribution < 1.29 is 23.0 Å². The molecule has 0 radical (unpaired) electrons. The highest BCUT2D eigenvalue weighted by Crippen LogP contribution is 2.41. The zero-order valence-corrected chi connectivity index (χ0v) is 18.2. The molecule has 6 nitrogen and oxygen atoms in total. The number of nitrogens with one attached hydrogen (secondary N) is 1. The van der Waals surface area contributed by atoms with Crippen LogP contribution in [0.1, 0.15) is 31.2 Å². The van der Waals surface area contributed by atoms with Crippen LogP contribution in [0.25, 0.3) is 0 Å². The second-order valence-electron chi connectivity index (χ2n) is 8.83. The molecule has 3 N–H and O–H groups in total. The fourth-order valence-corrected chi connectivity index (χ4v) is 6.41. The Morgan fingerprint density at radius 3 is 2.32 bits per heavy atom. The third-order valence-corrected chi connectivity index (χ3v) is 8.57. The van der Waals surface area contributed by atoms with E-state index in [-0.39, 0.29) is 35.8 Å². The highest BCUT2D eigenvalue weighted by molar-refractivity contribution is 7.89. The molecular formula is C23H29FN2O4S. The van der Waals surface area contributed by atoms with Crippen molar-refractivity contribution in [2.24, 2.45) is 0 Å². The minimum Gasteiger partial charge on any atom is -0.389 e. The fourth-order valence-electron chi connectivity index (χ4n) is 4.88. The first-order valence-electron chi connectivity index (χ1n) is 10.7. The van der Waals surface area contributed by atoms with Gasteiger partial charge in [-0.25, -0.2) is 12.8 Å². The van der Waals surface area contributed by atoms with Crippen molar-refractivity contribution >= 4 is 10.0 Å². The van der Waals surface area contributed by atoms with Gasteiger partial charge in [0.15, 0.2) is 0 Å². The topological polar surface area (TPSA) is 89.9 Å². The van der Waals surface area contributed by atoms with E-state index in [9.17, 15) is 23.0 Å². The second kappa shape index (κ2) is 8.60. The number of nitrogens with zero attached hydrogens (tertiary/aromatic N) is 1. The van der Waals surface area contributed by atoms with Crippen LogP contribution in [0.15, 0.2) is 59.5 Å². The summed E-state index contributed by atoms with van der Waals surface area (Å²) in [7, 11) is -3.79. The summed E-state index contributed by atoms with van der Waals surface area (Å²) in [6.45, 7) is 0.303. The SMILES string of the molecule is O=S(=O)(c1ccccc1)N1C[C@@H](O)[C@](O)(CNCC2(c3ccc(F)cc3)CCCC2)C1. The Labute approximate surface area is 182 Å². The minimum absolute atomic E-state index is 0.0674. The largest absolute Gasteiger partial charge is 0.389 e. The average Bonchev–Trinajstić information content (AvgIpc) is 3.35. The van der Waals surface area contributed by atoms with Gasteiger partial charge in [-0.1, -0.05) is 43.2 Å². The smallest absolute Gasteiger partial charge is 0.243 e. The Morgan fingerprint density at radius 1 is 1.03 bits per heavy atom. The van der Waals surface area contributed by atoms with Crippen molar-refractivity contribution in [3.63, 3.8) is 0 Å². The van der Waals surface area contributed by atoms with Crippen molar-refractivity contribution in [1.82, 2.24) is 9.62 Å². The molecule has 0 unspecified atom stereocenters. The van der Waals surface area contributed by atoms with Gasteiger partial charge in [0.25, 0.3) is 0 Å². The predicted octanol–water partition coefficient (Wildman–Crippen LogP) is 2.02. The van der Waals surface area contributed by atoms with Crippen LogP contribution >= 0.6 is 0 Å². The molecule has 1 aliphatic heterocycles. The molecule has 0 amide bonds. The van der Waals surface area contributed by atoms with Crippen molar-refractivity contribution in [2.45, 2.75) is 47.7 Å². The molecule has 2 atom stereocenters. The van der Waals surface area contributed by atoms with Crippen molar-refractivity contribution in [3.8, 4) is 0 Å². The summed E-state index contributed by atoms with van der Waals surface area (Å²) in [6.07, 6.45) is 2.88. The van der Waals surface area contributed by atoms with Gasteiger partial charge in [0.2, 0.25) is 10.0 Å². The normalized spacial score (nSPS) is 26.4. The molecule has 168 valence electrons. The zero-order valence-electron chi connectivity index (χ0n) is 17.4. The van der Waals surface area contributed by atoms with Crippen LogP contribution in [0.3, 0.4) is 0 Å². The third kappa shape index (κ3) is 4.40. The van der Waals surface area contributed by atoms with Crippen molar-refractivity contribution in [1.29, 1.82) is 0 Å². The first-order valence-corrected chi connectivity index (χ1v) is 12.1. The molecule has 2 aromatic carbocycles. The Balaban J connectivity index is 1.44. The first kappa shape index (κ1) is 22.4.